The molecular formula is C9H11ClN2O2. The Bertz CT molecular complexity index is 347. The van der Waals surface area contributed by atoms with Gasteiger partial charge >= 0.3 is 0 Å². The van der Waals surface area contributed by atoms with Crippen molar-refractivity contribution in [1.29, 1.82) is 0 Å². The number of aromatic nitrogens is 2. The molecule has 1 rings (SSSR count). The first-order valence-corrected chi connectivity index (χ1v) is 4.47. The van der Waals surface area contributed by atoms with Crippen LogP contribution in [0, 0.1) is 0 Å². The van der Waals surface area contributed by atoms with Gasteiger partial charge in [0.05, 0.1) is 6.20 Å². The van der Waals surface area contributed by atoms with Crippen LogP contribution in [0.25, 0.3) is 0 Å². The Hall–Kier alpha value is -1.16. The van der Waals surface area contributed by atoms with Crippen LogP contribution < -0.4 is 4.74 Å². The SMILES string of the molecule is CC(C)(C)Oc1nc(Cl)cnc1C=O. The minimum atomic E-state index is -0.433. The van der Waals surface area contributed by atoms with E-state index in [1.165, 1.54) is 6.20 Å². The summed E-state index contributed by atoms with van der Waals surface area (Å²) in [5.74, 6) is 0.167. The molecule has 14 heavy (non-hydrogen) atoms. The topological polar surface area (TPSA) is 52.1 Å². The third-order valence-electron chi connectivity index (χ3n) is 1.25. The number of halogens is 1. The average Bonchev–Trinajstić information content (AvgIpc) is 2.01. The molecule has 0 N–H and O–H groups in total. The van der Waals surface area contributed by atoms with E-state index in [9.17, 15) is 4.79 Å². The summed E-state index contributed by atoms with van der Waals surface area (Å²) in [5.41, 5.74) is -0.277. The van der Waals surface area contributed by atoms with Gasteiger partial charge in [-0.05, 0) is 20.8 Å². The lowest BCUT2D eigenvalue weighted by atomic mass is 10.2. The predicted molar refractivity (Wildman–Crippen MR) is 52.8 cm³/mol. The molecule has 76 valence electrons. The van der Waals surface area contributed by atoms with Crippen LogP contribution in [-0.2, 0) is 0 Å². The van der Waals surface area contributed by atoms with E-state index in [4.69, 9.17) is 16.3 Å². The standard InChI is InChI=1S/C9H11ClN2O2/c1-9(2,3)14-8-6(5-13)11-4-7(10)12-8/h4-5H,1-3H3. The van der Waals surface area contributed by atoms with Crippen molar-refractivity contribution < 1.29 is 9.53 Å². The lowest BCUT2D eigenvalue weighted by Gasteiger charge is -2.20. The zero-order valence-electron chi connectivity index (χ0n) is 8.24. The van der Waals surface area contributed by atoms with E-state index >= 15 is 0 Å². The van der Waals surface area contributed by atoms with Crippen LogP contribution in [0.3, 0.4) is 0 Å². The number of aldehydes is 1. The molecule has 0 spiro atoms. The van der Waals surface area contributed by atoms with Gasteiger partial charge in [-0.25, -0.2) is 4.98 Å². The smallest absolute Gasteiger partial charge is 0.245 e. The van der Waals surface area contributed by atoms with Crippen molar-refractivity contribution in [3.63, 3.8) is 0 Å². The first-order valence-electron chi connectivity index (χ1n) is 4.09. The molecule has 4 nitrogen and oxygen atoms in total. The number of ether oxygens (including phenoxy) is 1. The van der Waals surface area contributed by atoms with E-state index in [-0.39, 0.29) is 16.7 Å². The maximum Gasteiger partial charge on any atom is 0.245 e. The normalized spacial score (nSPS) is 11.1. The van der Waals surface area contributed by atoms with Crippen molar-refractivity contribution in [2.45, 2.75) is 26.4 Å². The fourth-order valence-electron chi connectivity index (χ4n) is 0.807. The summed E-state index contributed by atoms with van der Waals surface area (Å²) in [6.07, 6.45) is 1.89. The van der Waals surface area contributed by atoms with Crippen LogP contribution in [-0.4, -0.2) is 21.9 Å². The van der Waals surface area contributed by atoms with Gasteiger partial charge in [-0.1, -0.05) is 11.6 Å². The lowest BCUT2D eigenvalue weighted by molar-refractivity contribution is 0.107. The summed E-state index contributed by atoms with van der Waals surface area (Å²) in [5, 5.41) is 0.204. The zero-order valence-corrected chi connectivity index (χ0v) is 9.00. The largest absolute Gasteiger partial charge is 0.470 e. The Morgan fingerprint density at radius 3 is 2.64 bits per heavy atom. The van der Waals surface area contributed by atoms with Gasteiger partial charge in [-0.15, -0.1) is 0 Å². The van der Waals surface area contributed by atoms with Gasteiger partial charge in [0.1, 0.15) is 5.60 Å². The summed E-state index contributed by atoms with van der Waals surface area (Å²) in [4.78, 5) is 18.3. The highest BCUT2D eigenvalue weighted by Gasteiger charge is 2.16. The first kappa shape index (κ1) is 10.9. The molecule has 1 heterocycles. The Labute approximate surface area is 87.3 Å². The van der Waals surface area contributed by atoms with Crippen molar-refractivity contribution >= 4 is 17.9 Å². The van der Waals surface area contributed by atoms with Crippen molar-refractivity contribution in [2.75, 3.05) is 0 Å². The summed E-state index contributed by atoms with van der Waals surface area (Å²) >= 11 is 5.63. The monoisotopic (exact) mass is 214 g/mol. The second kappa shape index (κ2) is 3.92. The van der Waals surface area contributed by atoms with Gasteiger partial charge in [0.25, 0.3) is 0 Å². The lowest BCUT2D eigenvalue weighted by Crippen LogP contribution is -2.24. The van der Waals surface area contributed by atoms with Crippen LogP contribution >= 0.6 is 11.6 Å². The van der Waals surface area contributed by atoms with Crippen molar-refractivity contribution in [3.8, 4) is 5.88 Å². The predicted octanol–water partition coefficient (Wildman–Crippen LogP) is 2.12. The molecule has 0 aliphatic rings. The molecule has 0 aliphatic heterocycles. The second-order valence-electron chi connectivity index (χ2n) is 3.72. The van der Waals surface area contributed by atoms with Crippen LogP contribution in [0.1, 0.15) is 31.3 Å². The fraction of sp³-hybridized carbons (Fsp3) is 0.444. The number of rotatable bonds is 2. The molecule has 1 aromatic heterocycles. The van der Waals surface area contributed by atoms with Gasteiger partial charge in [-0.3, -0.25) is 4.79 Å². The maximum atomic E-state index is 10.6. The number of hydrogen-bond acceptors (Lipinski definition) is 4. The van der Waals surface area contributed by atoms with E-state index in [1.807, 2.05) is 20.8 Å². The van der Waals surface area contributed by atoms with E-state index in [0.717, 1.165) is 0 Å². The quantitative estimate of drug-likeness (QED) is 0.708. The van der Waals surface area contributed by atoms with Crippen LogP contribution in [0.2, 0.25) is 5.15 Å². The van der Waals surface area contributed by atoms with Crippen LogP contribution in [0.15, 0.2) is 6.20 Å². The molecule has 0 saturated heterocycles. The second-order valence-corrected chi connectivity index (χ2v) is 4.10. The molecule has 0 radical (unpaired) electrons. The average molecular weight is 215 g/mol. The third kappa shape index (κ3) is 2.96. The Morgan fingerprint density at radius 1 is 1.50 bits per heavy atom. The fourth-order valence-corrected chi connectivity index (χ4v) is 0.933. The van der Waals surface area contributed by atoms with Gasteiger partial charge < -0.3 is 4.74 Å². The Balaban J connectivity index is 3.05. The van der Waals surface area contributed by atoms with Crippen molar-refractivity contribution in [1.82, 2.24) is 9.97 Å². The molecule has 0 aliphatic carbocycles. The molecular weight excluding hydrogens is 204 g/mol. The molecule has 0 fully saturated rings. The molecule has 0 unspecified atom stereocenters. The molecule has 0 bridgehead atoms. The molecule has 1 aromatic rings. The number of carbonyl (C=O) groups excluding carboxylic acids is 1. The summed E-state index contributed by atoms with van der Waals surface area (Å²) in [6.45, 7) is 5.55. The highest BCUT2D eigenvalue weighted by molar-refractivity contribution is 6.29. The summed E-state index contributed by atoms with van der Waals surface area (Å²) < 4.78 is 5.42. The highest BCUT2D eigenvalue weighted by Crippen LogP contribution is 2.19. The van der Waals surface area contributed by atoms with Gasteiger partial charge in [0.2, 0.25) is 5.88 Å². The van der Waals surface area contributed by atoms with E-state index < -0.39 is 5.60 Å². The molecule has 0 amide bonds. The van der Waals surface area contributed by atoms with Crippen LogP contribution in [0.5, 0.6) is 5.88 Å². The minimum absolute atomic E-state index is 0.157. The van der Waals surface area contributed by atoms with Crippen molar-refractivity contribution in [3.05, 3.63) is 17.0 Å². The maximum absolute atomic E-state index is 10.6. The zero-order chi connectivity index (χ0) is 10.8. The number of carbonyl (C=O) groups is 1. The highest BCUT2D eigenvalue weighted by atomic mass is 35.5. The number of nitrogens with zero attached hydrogens (tertiary/aromatic N) is 2. The van der Waals surface area contributed by atoms with Gasteiger partial charge in [0, 0.05) is 0 Å². The Morgan fingerprint density at radius 2 is 2.14 bits per heavy atom. The van der Waals surface area contributed by atoms with Gasteiger partial charge in [-0.2, -0.15) is 4.98 Å². The molecule has 0 saturated carbocycles. The molecule has 5 heteroatoms. The minimum Gasteiger partial charge on any atom is -0.470 e. The first-order chi connectivity index (χ1) is 6.42. The van der Waals surface area contributed by atoms with E-state index in [1.54, 1.807) is 0 Å². The number of hydrogen-bond donors (Lipinski definition) is 0. The van der Waals surface area contributed by atoms with E-state index in [2.05, 4.69) is 9.97 Å². The molecule has 0 aromatic carbocycles. The third-order valence-corrected chi connectivity index (χ3v) is 1.43. The van der Waals surface area contributed by atoms with Gasteiger partial charge in [0.15, 0.2) is 17.1 Å². The van der Waals surface area contributed by atoms with E-state index in [0.29, 0.717) is 6.29 Å². The van der Waals surface area contributed by atoms with Crippen LogP contribution in [0.4, 0.5) is 0 Å². The Kier molecular flexibility index (Phi) is 3.06. The van der Waals surface area contributed by atoms with Crippen molar-refractivity contribution in [2.24, 2.45) is 0 Å². The summed E-state index contributed by atoms with van der Waals surface area (Å²) in [7, 11) is 0. The summed E-state index contributed by atoms with van der Waals surface area (Å²) in [6, 6.07) is 0. The molecule has 0 atom stereocenters.